The number of aromatic nitrogens is 1. The van der Waals surface area contributed by atoms with Crippen molar-refractivity contribution in [3.63, 3.8) is 0 Å². The molecule has 1 atom stereocenters. The largest absolute Gasteiger partial charge is 0.430 e. The molecular weight excluding hydrogens is 254 g/mol. The first kappa shape index (κ1) is 12.6. The summed E-state index contributed by atoms with van der Waals surface area (Å²) in [5, 5.41) is 0.0470. The van der Waals surface area contributed by atoms with Crippen molar-refractivity contribution in [3.8, 4) is 0 Å². The Morgan fingerprint density at radius 1 is 1.50 bits per heavy atom. The summed E-state index contributed by atoms with van der Waals surface area (Å²) in [6.07, 6.45) is 0. The van der Waals surface area contributed by atoms with Crippen molar-refractivity contribution in [3.05, 3.63) is 18.2 Å². The Morgan fingerprint density at radius 2 is 2.22 bits per heavy atom. The normalized spacial score (nSPS) is 12.6. The molecule has 0 aliphatic heterocycles. The molecule has 1 heterocycles. The van der Waals surface area contributed by atoms with E-state index in [9.17, 15) is 9.00 Å². The van der Waals surface area contributed by atoms with Gasteiger partial charge in [-0.25, -0.2) is 9.19 Å². The molecule has 0 saturated heterocycles. The Balaban J connectivity index is 2.26. The van der Waals surface area contributed by atoms with Gasteiger partial charge in [0.15, 0.2) is 5.58 Å². The molecule has 0 spiro atoms. The number of benzene rings is 1. The van der Waals surface area contributed by atoms with Gasteiger partial charge in [0.1, 0.15) is 22.1 Å². The van der Waals surface area contributed by atoms with E-state index in [1.54, 1.807) is 32.3 Å². The number of carbonyl (C=O) groups is 1. The molecule has 7 heteroatoms. The summed E-state index contributed by atoms with van der Waals surface area (Å²) in [5.41, 5.74) is 7.19. The highest BCUT2D eigenvalue weighted by Gasteiger charge is 2.17. The van der Waals surface area contributed by atoms with Crippen LogP contribution in [0.15, 0.2) is 27.8 Å². The molecule has 0 aliphatic rings. The number of anilines is 1. The second kappa shape index (κ2) is 4.77. The topological polar surface area (TPSA) is 89.4 Å². The Kier molecular flexibility index (Phi) is 3.33. The number of nitrogen functional groups attached to an aromatic ring is 1. The molecule has 1 amide bonds. The Labute approximate surface area is 106 Å². The second-order valence-corrected chi connectivity index (χ2v) is 5.31. The van der Waals surface area contributed by atoms with Crippen LogP contribution in [0.4, 0.5) is 5.69 Å². The van der Waals surface area contributed by atoms with Crippen molar-refractivity contribution in [2.45, 2.75) is 5.22 Å². The molecule has 96 valence electrons. The lowest BCUT2D eigenvalue weighted by Crippen LogP contribution is -2.27. The maximum Gasteiger partial charge on any atom is 0.288 e. The van der Waals surface area contributed by atoms with Crippen molar-refractivity contribution in [1.29, 1.82) is 0 Å². The van der Waals surface area contributed by atoms with E-state index in [0.29, 0.717) is 16.8 Å². The summed E-state index contributed by atoms with van der Waals surface area (Å²) >= 11 is 0. The van der Waals surface area contributed by atoms with Crippen LogP contribution in [0.5, 0.6) is 0 Å². The maximum absolute atomic E-state index is 11.9. The van der Waals surface area contributed by atoms with Crippen LogP contribution in [0.2, 0.25) is 0 Å². The molecule has 0 fully saturated rings. The van der Waals surface area contributed by atoms with Crippen molar-refractivity contribution in [2.75, 3.05) is 25.6 Å². The van der Waals surface area contributed by atoms with Gasteiger partial charge in [0.05, 0.1) is 0 Å². The number of nitrogens with zero attached hydrogens (tertiary/aromatic N) is 2. The average Bonchev–Trinajstić information content (AvgIpc) is 2.71. The van der Waals surface area contributed by atoms with Gasteiger partial charge >= 0.3 is 0 Å². The van der Waals surface area contributed by atoms with E-state index in [1.165, 1.54) is 4.90 Å². The number of hydrogen-bond donors (Lipinski definition) is 1. The van der Waals surface area contributed by atoms with Gasteiger partial charge in [0.2, 0.25) is 5.91 Å². The predicted molar refractivity (Wildman–Crippen MR) is 68.4 cm³/mol. The zero-order valence-corrected chi connectivity index (χ0v) is 10.9. The lowest BCUT2D eigenvalue weighted by molar-refractivity contribution is -0.125. The highest BCUT2D eigenvalue weighted by molar-refractivity contribution is 7.85. The van der Waals surface area contributed by atoms with Crippen molar-refractivity contribution < 1.29 is 13.4 Å². The summed E-state index contributed by atoms with van der Waals surface area (Å²) in [6.45, 7) is 0. The van der Waals surface area contributed by atoms with Gasteiger partial charge in [-0.3, -0.25) is 4.79 Å². The Morgan fingerprint density at radius 3 is 2.89 bits per heavy atom. The summed E-state index contributed by atoms with van der Waals surface area (Å²) < 4.78 is 17.2. The standard InChI is InChI=1S/C11H13N3O3S/c1-14(2)10(15)6-18(16)11-13-8-4-3-7(12)5-9(8)17-11/h3-5H,6,12H2,1-2H3. The molecule has 0 saturated carbocycles. The van der Waals surface area contributed by atoms with Crippen LogP contribution in [-0.2, 0) is 15.6 Å². The number of carbonyl (C=O) groups excluding carboxylic acids is 1. The van der Waals surface area contributed by atoms with Crippen LogP contribution in [-0.4, -0.2) is 39.8 Å². The van der Waals surface area contributed by atoms with Crippen LogP contribution in [0, 0.1) is 0 Å². The summed E-state index contributed by atoms with van der Waals surface area (Å²) in [6, 6.07) is 4.97. The van der Waals surface area contributed by atoms with Crippen LogP contribution < -0.4 is 5.73 Å². The monoisotopic (exact) mass is 267 g/mol. The number of nitrogens with two attached hydrogens (primary N) is 1. The molecule has 0 aliphatic carbocycles. The number of amides is 1. The quantitative estimate of drug-likeness (QED) is 0.823. The highest BCUT2D eigenvalue weighted by atomic mass is 32.2. The van der Waals surface area contributed by atoms with Crippen LogP contribution in [0.25, 0.3) is 11.1 Å². The van der Waals surface area contributed by atoms with Gasteiger partial charge in [-0.2, -0.15) is 0 Å². The summed E-state index contributed by atoms with van der Waals surface area (Å²) in [5.74, 6) is -0.384. The highest BCUT2D eigenvalue weighted by Crippen LogP contribution is 2.20. The minimum atomic E-state index is -1.58. The third-order valence-corrected chi connectivity index (χ3v) is 3.41. The van der Waals surface area contributed by atoms with Crippen LogP contribution in [0.1, 0.15) is 0 Å². The number of oxazole rings is 1. The van der Waals surface area contributed by atoms with E-state index in [0.717, 1.165) is 0 Å². The number of fused-ring (bicyclic) bond motifs is 1. The smallest absolute Gasteiger partial charge is 0.288 e. The molecule has 2 aromatic rings. The molecule has 0 bridgehead atoms. The second-order valence-electron chi connectivity index (χ2n) is 3.98. The molecule has 1 unspecified atom stereocenters. The van der Waals surface area contributed by atoms with E-state index in [2.05, 4.69) is 4.98 Å². The number of hydrogen-bond acceptors (Lipinski definition) is 5. The molecule has 2 N–H and O–H groups in total. The zero-order chi connectivity index (χ0) is 13.3. The van der Waals surface area contributed by atoms with E-state index in [4.69, 9.17) is 10.2 Å². The van der Waals surface area contributed by atoms with Crippen LogP contribution >= 0.6 is 0 Å². The first-order chi connectivity index (χ1) is 8.47. The molecular formula is C11H13N3O3S. The third kappa shape index (κ3) is 2.51. The van der Waals surface area contributed by atoms with E-state index in [-0.39, 0.29) is 16.9 Å². The van der Waals surface area contributed by atoms with Crippen LogP contribution in [0.3, 0.4) is 0 Å². The van der Waals surface area contributed by atoms with Gasteiger partial charge < -0.3 is 15.1 Å². The van der Waals surface area contributed by atoms with Gasteiger partial charge in [-0.05, 0) is 12.1 Å². The lowest BCUT2D eigenvalue weighted by Gasteiger charge is -2.07. The fourth-order valence-electron chi connectivity index (χ4n) is 1.32. The Hall–Kier alpha value is -1.89. The average molecular weight is 267 g/mol. The fraction of sp³-hybridized carbons (Fsp3) is 0.273. The van der Waals surface area contributed by atoms with E-state index < -0.39 is 10.8 Å². The predicted octanol–water partition coefficient (Wildman–Crippen LogP) is 0.606. The molecule has 6 nitrogen and oxygen atoms in total. The first-order valence-electron chi connectivity index (χ1n) is 5.22. The van der Waals surface area contributed by atoms with Crippen molar-refractivity contribution in [1.82, 2.24) is 9.88 Å². The minimum absolute atomic E-state index is 0.0470. The maximum atomic E-state index is 11.9. The minimum Gasteiger partial charge on any atom is -0.430 e. The van der Waals surface area contributed by atoms with Gasteiger partial charge in [-0.15, -0.1) is 0 Å². The molecule has 18 heavy (non-hydrogen) atoms. The van der Waals surface area contributed by atoms with Crippen molar-refractivity contribution in [2.24, 2.45) is 0 Å². The lowest BCUT2D eigenvalue weighted by atomic mass is 10.3. The summed E-state index contributed by atoms with van der Waals surface area (Å²) in [7, 11) is 1.62. The molecule has 1 aromatic heterocycles. The van der Waals surface area contributed by atoms with Gasteiger partial charge in [0.25, 0.3) is 5.22 Å². The van der Waals surface area contributed by atoms with Crippen molar-refractivity contribution >= 4 is 33.5 Å². The molecule has 0 radical (unpaired) electrons. The van der Waals surface area contributed by atoms with Gasteiger partial charge in [0, 0.05) is 25.8 Å². The molecule has 1 aromatic carbocycles. The molecule has 2 rings (SSSR count). The first-order valence-corrected chi connectivity index (χ1v) is 6.54. The van der Waals surface area contributed by atoms with Gasteiger partial charge in [-0.1, -0.05) is 0 Å². The number of rotatable bonds is 3. The fourth-order valence-corrected chi connectivity index (χ4v) is 2.31. The third-order valence-electron chi connectivity index (χ3n) is 2.34. The van der Waals surface area contributed by atoms with E-state index >= 15 is 0 Å². The SMILES string of the molecule is CN(C)C(=O)CS(=O)c1nc2ccc(N)cc2o1. The van der Waals surface area contributed by atoms with E-state index in [1.807, 2.05) is 0 Å². The zero-order valence-electron chi connectivity index (χ0n) is 10.0. The Bertz CT molecular complexity index is 621. The summed E-state index contributed by atoms with van der Waals surface area (Å²) in [4.78, 5) is 16.9.